The lowest BCUT2D eigenvalue weighted by Gasteiger charge is -2.35. The van der Waals surface area contributed by atoms with Gasteiger partial charge in [-0.15, -0.1) is 0 Å². The lowest BCUT2D eigenvalue weighted by Crippen LogP contribution is -2.51. The number of carboxylic acid groups (broad SMARTS) is 1. The first-order valence-corrected chi connectivity index (χ1v) is 10.7. The molecule has 7 heteroatoms. The van der Waals surface area contributed by atoms with Crippen LogP contribution in [0.4, 0.5) is 4.79 Å². The number of benzene rings is 1. The predicted molar refractivity (Wildman–Crippen MR) is 112 cm³/mol. The maximum atomic E-state index is 12.2. The molecule has 1 aliphatic heterocycles. The monoisotopic (exact) mass is 395 g/mol. The highest BCUT2D eigenvalue weighted by atomic mass is 32.2. The Morgan fingerprint density at radius 1 is 1.33 bits per heavy atom. The summed E-state index contributed by atoms with van der Waals surface area (Å²) in [7, 11) is 0. The number of hydrogen-bond acceptors (Lipinski definition) is 4. The second-order valence-corrected chi connectivity index (χ2v) is 7.77. The Kier molecular flexibility index (Phi) is 11.6. The highest BCUT2D eigenvalue weighted by Gasteiger charge is 2.24. The second kappa shape index (κ2) is 13.4. The molecular weight excluding hydrogens is 362 g/mol. The van der Waals surface area contributed by atoms with Gasteiger partial charge >= 0.3 is 6.03 Å². The number of hydrogen-bond donors (Lipinski definition) is 3. The van der Waals surface area contributed by atoms with Gasteiger partial charge in [0, 0.05) is 38.4 Å². The Morgan fingerprint density at radius 2 is 2.04 bits per heavy atom. The molecule has 4 N–H and O–H groups in total. The van der Waals surface area contributed by atoms with Crippen molar-refractivity contribution in [3.8, 4) is 0 Å². The number of nitrogens with one attached hydrogen (secondary N) is 1. The molecule has 1 fully saturated rings. The van der Waals surface area contributed by atoms with Gasteiger partial charge in [-0.1, -0.05) is 24.3 Å². The summed E-state index contributed by atoms with van der Waals surface area (Å²) in [5, 5.41) is 10.5. The van der Waals surface area contributed by atoms with Gasteiger partial charge in [0.15, 0.2) is 0 Å². The fourth-order valence-corrected chi connectivity index (χ4v) is 3.97. The second-order valence-electron chi connectivity index (χ2n) is 6.66. The minimum absolute atomic E-state index is 0.0593. The quantitative estimate of drug-likeness (QED) is 0.616. The maximum absolute atomic E-state index is 12.2. The summed E-state index contributed by atoms with van der Waals surface area (Å²) >= 11 is 1.93. The topological polar surface area (TPSA) is 95.7 Å². The Morgan fingerprint density at radius 3 is 2.70 bits per heavy atom. The molecule has 0 saturated carbocycles. The van der Waals surface area contributed by atoms with E-state index in [-0.39, 0.29) is 12.1 Å². The molecule has 0 bridgehead atoms. The van der Waals surface area contributed by atoms with Crippen LogP contribution in [0.25, 0.3) is 0 Å². The summed E-state index contributed by atoms with van der Waals surface area (Å²) in [6.45, 7) is 5.39. The zero-order chi connectivity index (χ0) is 20.1. The summed E-state index contributed by atoms with van der Waals surface area (Å²) in [4.78, 5) is 23.1. The number of piperidine rings is 1. The number of carbonyl (C=O) groups excluding carboxylic acids is 1. The van der Waals surface area contributed by atoms with Crippen LogP contribution in [0.3, 0.4) is 0 Å². The number of carboxylic acids is 1. The van der Waals surface area contributed by atoms with Crippen molar-refractivity contribution in [1.29, 1.82) is 0 Å². The van der Waals surface area contributed by atoms with Crippen LogP contribution in [0, 0.1) is 6.92 Å². The van der Waals surface area contributed by atoms with E-state index in [2.05, 4.69) is 36.5 Å². The molecule has 2 rings (SSSR count). The number of urea groups is 1. The molecule has 1 saturated heterocycles. The molecule has 1 heterocycles. The maximum Gasteiger partial charge on any atom is 0.317 e. The van der Waals surface area contributed by atoms with E-state index in [0.717, 1.165) is 50.8 Å². The fraction of sp³-hybridized carbons (Fsp3) is 0.600. The van der Waals surface area contributed by atoms with E-state index in [1.165, 1.54) is 17.5 Å². The molecule has 0 radical (unpaired) electrons. The van der Waals surface area contributed by atoms with Crippen LogP contribution in [-0.4, -0.2) is 53.4 Å². The minimum atomic E-state index is -0.833. The van der Waals surface area contributed by atoms with Gasteiger partial charge in [-0.25, -0.2) is 4.79 Å². The zero-order valence-electron chi connectivity index (χ0n) is 16.4. The van der Waals surface area contributed by atoms with Crippen molar-refractivity contribution in [2.75, 3.05) is 25.4 Å². The van der Waals surface area contributed by atoms with E-state index in [9.17, 15) is 4.79 Å². The Bertz CT molecular complexity index is 579. The first-order chi connectivity index (χ1) is 13.0. The first kappa shape index (κ1) is 23.3. The average molecular weight is 396 g/mol. The number of nitrogens with two attached hydrogens (primary N) is 1. The average Bonchev–Trinajstić information content (AvgIpc) is 2.65. The van der Waals surface area contributed by atoms with Crippen LogP contribution in [-0.2, 0) is 10.5 Å². The van der Waals surface area contributed by atoms with Crippen molar-refractivity contribution >= 4 is 23.8 Å². The molecule has 0 aliphatic carbocycles. The van der Waals surface area contributed by atoms with Crippen LogP contribution in [0.2, 0.25) is 0 Å². The van der Waals surface area contributed by atoms with Gasteiger partial charge in [0.1, 0.15) is 0 Å². The molecule has 6 nitrogen and oxygen atoms in total. The van der Waals surface area contributed by atoms with Crippen molar-refractivity contribution in [3.63, 3.8) is 0 Å². The largest absolute Gasteiger partial charge is 0.481 e. The van der Waals surface area contributed by atoms with Crippen molar-refractivity contribution < 1.29 is 14.7 Å². The number of nitrogens with zero attached hydrogens (tertiary/aromatic N) is 1. The number of rotatable bonds is 7. The number of thioether (sulfide) groups is 1. The molecule has 1 unspecified atom stereocenters. The van der Waals surface area contributed by atoms with Gasteiger partial charge in [-0.3, -0.25) is 4.79 Å². The summed E-state index contributed by atoms with van der Waals surface area (Å²) in [5.74, 6) is 1.27. The number of carbonyl (C=O) groups is 2. The van der Waals surface area contributed by atoms with Crippen molar-refractivity contribution in [2.45, 2.75) is 51.3 Å². The van der Waals surface area contributed by atoms with Crippen molar-refractivity contribution in [2.24, 2.45) is 5.73 Å². The van der Waals surface area contributed by atoms with Crippen LogP contribution in [0.5, 0.6) is 0 Å². The molecule has 27 heavy (non-hydrogen) atoms. The lowest BCUT2D eigenvalue weighted by molar-refractivity contribution is -0.134. The standard InChI is InChI=1S/C18H29N3OS.C2H4O2/c1-15-7-2-3-8-16(15)14-23-12-6-10-20-18(22)21-11-5-4-9-17(21)13-19;1-2(3)4/h2-3,7-8,17H,4-6,9-14,19H2,1H3,(H,20,22);1H3,(H,3,4). The third kappa shape index (κ3) is 9.68. The van der Waals surface area contributed by atoms with Gasteiger partial charge in [-0.05, 0) is 49.5 Å². The predicted octanol–water partition coefficient (Wildman–Crippen LogP) is 3.23. The lowest BCUT2D eigenvalue weighted by atomic mass is 10.0. The van der Waals surface area contributed by atoms with Gasteiger partial charge < -0.3 is 21.1 Å². The highest BCUT2D eigenvalue weighted by molar-refractivity contribution is 7.98. The first-order valence-electron chi connectivity index (χ1n) is 9.52. The van der Waals surface area contributed by atoms with E-state index in [0.29, 0.717) is 6.54 Å². The van der Waals surface area contributed by atoms with Gasteiger partial charge in [0.2, 0.25) is 0 Å². The Labute approximate surface area is 166 Å². The van der Waals surface area contributed by atoms with Crippen molar-refractivity contribution in [3.05, 3.63) is 35.4 Å². The van der Waals surface area contributed by atoms with E-state index in [4.69, 9.17) is 15.6 Å². The van der Waals surface area contributed by atoms with E-state index < -0.39 is 5.97 Å². The normalized spacial score (nSPS) is 16.3. The molecule has 1 aliphatic rings. The van der Waals surface area contributed by atoms with Gasteiger partial charge in [-0.2, -0.15) is 11.8 Å². The smallest absolute Gasteiger partial charge is 0.317 e. The third-order valence-corrected chi connectivity index (χ3v) is 5.51. The number of aryl methyl sites for hydroxylation is 1. The molecule has 1 aromatic carbocycles. The molecular formula is C20H33N3O3S. The molecule has 1 atom stereocenters. The molecule has 0 aromatic heterocycles. The van der Waals surface area contributed by atoms with Gasteiger partial charge in [0.05, 0.1) is 0 Å². The molecule has 2 amide bonds. The molecule has 152 valence electrons. The SMILES string of the molecule is CC(=O)O.Cc1ccccc1CSCCCNC(=O)N1CCCCC1CN. The van der Waals surface area contributed by atoms with Crippen LogP contribution < -0.4 is 11.1 Å². The zero-order valence-corrected chi connectivity index (χ0v) is 17.3. The van der Waals surface area contributed by atoms with E-state index in [1.54, 1.807) is 0 Å². The summed E-state index contributed by atoms with van der Waals surface area (Å²) in [5.41, 5.74) is 8.52. The van der Waals surface area contributed by atoms with Crippen molar-refractivity contribution in [1.82, 2.24) is 10.2 Å². The molecule has 1 aromatic rings. The fourth-order valence-electron chi connectivity index (χ4n) is 2.94. The summed E-state index contributed by atoms with van der Waals surface area (Å²) in [6, 6.07) is 8.79. The number of aliphatic carboxylic acids is 1. The Balaban J connectivity index is 0.000000828. The van der Waals surface area contributed by atoms with Crippen LogP contribution in [0.15, 0.2) is 24.3 Å². The molecule has 0 spiro atoms. The van der Waals surface area contributed by atoms with E-state index in [1.807, 2.05) is 16.7 Å². The summed E-state index contributed by atoms with van der Waals surface area (Å²) < 4.78 is 0. The Hall–Kier alpha value is -1.73. The van der Waals surface area contributed by atoms with Crippen LogP contribution >= 0.6 is 11.8 Å². The number of likely N-dealkylation sites (tertiary alicyclic amines) is 1. The summed E-state index contributed by atoms with van der Waals surface area (Å²) in [6.07, 6.45) is 4.32. The van der Waals surface area contributed by atoms with Crippen LogP contribution in [0.1, 0.15) is 43.7 Å². The van der Waals surface area contributed by atoms with Gasteiger partial charge in [0.25, 0.3) is 5.97 Å². The third-order valence-electron chi connectivity index (χ3n) is 4.42. The number of amides is 2. The van der Waals surface area contributed by atoms with E-state index >= 15 is 0 Å². The highest BCUT2D eigenvalue weighted by Crippen LogP contribution is 2.17. The minimum Gasteiger partial charge on any atom is -0.481 e.